The minimum atomic E-state index is -1.09. The van der Waals surface area contributed by atoms with Crippen LogP contribution in [0.15, 0.2) is 6.33 Å². The minimum Gasteiger partial charge on any atom is -0.394 e. The number of hydrogen-bond acceptors (Lipinski definition) is 7. The lowest BCUT2D eigenvalue weighted by atomic mass is 10.1. The smallest absolute Gasteiger partial charge is 0.271 e. The number of primary amides is 1. The van der Waals surface area contributed by atoms with Crippen molar-refractivity contribution in [3.63, 3.8) is 0 Å². The van der Waals surface area contributed by atoms with Gasteiger partial charge >= 0.3 is 0 Å². The van der Waals surface area contributed by atoms with Crippen LogP contribution in [-0.2, 0) is 9.47 Å². The number of imidazole rings is 1. The minimum absolute atomic E-state index is 0.00563. The van der Waals surface area contributed by atoms with E-state index < -0.39 is 37.1 Å². The molecule has 1 aromatic heterocycles. The average molecular weight is 287 g/mol. The highest BCUT2D eigenvalue weighted by Gasteiger charge is 2.45. The highest BCUT2D eigenvalue weighted by atomic mass is 16.6. The Hall–Kier alpha value is -1.68. The molecule has 9 nitrogen and oxygen atoms in total. The summed E-state index contributed by atoms with van der Waals surface area (Å²) in [5.74, 6) is -0.801. The monoisotopic (exact) mass is 287 g/mol. The van der Waals surface area contributed by atoms with Gasteiger partial charge in [-0.05, 0) is 6.90 Å². The van der Waals surface area contributed by atoms with Crippen LogP contribution in [0.3, 0.4) is 0 Å². The molecular weight excluding hydrogens is 268 g/mol. The van der Waals surface area contributed by atoms with Crippen LogP contribution in [0, 0.1) is 0 Å². The number of amides is 1. The predicted octanol–water partition coefficient (Wildman–Crippen LogP) is -1.78. The first-order valence-corrected chi connectivity index (χ1v) is 5.98. The Morgan fingerprint density at radius 2 is 2.50 bits per heavy atom. The van der Waals surface area contributed by atoms with E-state index in [0.717, 1.165) is 0 Å². The van der Waals surface area contributed by atoms with E-state index in [4.69, 9.17) is 22.3 Å². The van der Waals surface area contributed by atoms with Gasteiger partial charge in [0.15, 0.2) is 11.9 Å². The molecule has 0 spiro atoms. The Kier molecular flexibility index (Phi) is 3.83. The SMILES string of the molecule is [2H]CCO[C@H]1C(n2cnc(C(N)=O)c2N)O[C@H](CO)[C@H]1O. The van der Waals surface area contributed by atoms with E-state index in [1.54, 1.807) is 0 Å². The second-order valence-corrected chi connectivity index (χ2v) is 4.32. The van der Waals surface area contributed by atoms with Crippen molar-refractivity contribution in [2.45, 2.75) is 31.4 Å². The van der Waals surface area contributed by atoms with Gasteiger partial charge in [0, 0.05) is 7.98 Å². The lowest BCUT2D eigenvalue weighted by Gasteiger charge is -2.21. The molecule has 1 aliphatic heterocycles. The molecule has 2 rings (SSSR count). The van der Waals surface area contributed by atoms with Crippen LogP contribution in [0.2, 0.25) is 0 Å². The summed E-state index contributed by atoms with van der Waals surface area (Å²) in [6.45, 7) is -0.321. The standard InChI is InChI=1S/C11H18N4O5/c1-2-19-8-7(17)5(3-16)20-11(8)15-4-14-6(9(15)12)10(13)18/h4-5,7-8,11,16-17H,2-3,12H2,1H3,(H2,13,18)/t5-,7-,8-,11?/m1/s1/i1D. The van der Waals surface area contributed by atoms with Crippen LogP contribution in [0.25, 0.3) is 0 Å². The first kappa shape index (κ1) is 13.3. The van der Waals surface area contributed by atoms with E-state index in [0.29, 0.717) is 0 Å². The van der Waals surface area contributed by atoms with Crippen molar-refractivity contribution in [2.75, 3.05) is 18.9 Å². The van der Waals surface area contributed by atoms with Crippen LogP contribution in [-0.4, -0.2) is 57.2 Å². The van der Waals surface area contributed by atoms with Gasteiger partial charge in [0.1, 0.15) is 24.1 Å². The number of aliphatic hydroxyl groups excluding tert-OH is 2. The largest absolute Gasteiger partial charge is 0.394 e. The molecule has 1 unspecified atom stereocenters. The number of aliphatic hydroxyl groups is 2. The Bertz CT molecular complexity index is 511. The molecule has 1 fully saturated rings. The fourth-order valence-electron chi connectivity index (χ4n) is 2.17. The van der Waals surface area contributed by atoms with E-state index in [1.807, 2.05) is 0 Å². The number of nitrogen functional groups attached to an aromatic ring is 1. The number of rotatable bonds is 5. The number of nitrogens with two attached hydrogens (primary N) is 2. The maximum absolute atomic E-state index is 11.2. The summed E-state index contributed by atoms with van der Waals surface area (Å²) in [7, 11) is 0. The number of ether oxygens (including phenoxy) is 2. The second-order valence-electron chi connectivity index (χ2n) is 4.32. The third-order valence-corrected chi connectivity index (χ3v) is 3.14. The molecule has 9 heteroatoms. The first-order valence-electron chi connectivity index (χ1n) is 6.69. The van der Waals surface area contributed by atoms with Crippen LogP contribution in [0.4, 0.5) is 5.82 Å². The van der Waals surface area contributed by atoms with E-state index in [1.165, 1.54) is 10.9 Å². The fourth-order valence-corrected chi connectivity index (χ4v) is 2.17. The molecule has 1 aromatic rings. The fraction of sp³-hybridized carbons (Fsp3) is 0.636. The number of carbonyl (C=O) groups is 1. The molecule has 1 saturated heterocycles. The zero-order valence-electron chi connectivity index (χ0n) is 11.7. The van der Waals surface area contributed by atoms with Gasteiger partial charge in [0.25, 0.3) is 5.91 Å². The Morgan fingerprint density at radius 3 is 3.05 bits per heavy atom. The molecule has 1 amide bonds. The molecule has 4 atom stereocenters. The van der Waals surface area contributed by atoms with Crippen LogP contribution >= 0.6 is 0 Å². The lowest BCUT2D eigenvalue weighted by Crippen LogP contribution is -2.35. The van der Waals surface area contributed by atoms with Crippen molar-refractivity contribution in [2.24, 2.45) is 5.73 Å². The molecule has 6 N–H and O–H groups in total. The summed E-state index contributed by atoms with van der Waals surface area (Å²) in [5.41, 5.74) is 10.8. The molecule has 20 heavy (non-hydrogen) atoms. The normalized spacial score (nSPS) is 30.4. The van der Waals surface area contributed by atoms with E-state index in [2.05, 4.69) is 4.98 Å². The van der Waals surface area contributed by atoms with Crippen molar-refractivity contribution in [3.8, 4) is 0 Å². The molecule has 0 radical (unpaired) electrons. The molecule has 0 aliphatic carbocycles. The Morgan fingerprint density at radius 1 is 1.75 bits per heavy atom. The van der Waals surface area contributed by atoms with E-state index >= 15 is 0 Å². The van der Waals surface area contributed by atoms with Gasteiger partial charge in [-0.1, -0.05) is 0 Å². The van der Waals surface area contributed by atoms with Crippen LogP contribution < -0.4 is 11.5 Å². The summed E-state index contributed by atoms with van der Waals surface area (Å²) in [5, 5.41) is 19.3. The Labute approximate surface area is 116 Å². The van der Waals surface area contributed by atoms with Gasteiger partial charge in [0.2, 0.25) is 0 Å². The van der Waals surface area contributed by atoms with E-state index in [9.17, 15) is 15.0 Å². The maximum atomic E-state index is 11.2. The number of aromatic nitrogens is 2. The molecule has 2 heterocycles. The van der Waals surface area contributed by atoms with Gasteiger partial charge in [-0.25, -0.2) is 4.98 Å². The predicted molar refractivity (Wildman–Crippen MR) is 67.6 cm³/mol. The average Bonchev–Trinajstić information content (AvgIpc) is 2.97. The molecule has 0 bridgehead atoms. The van der Waals surface area contributed by atoms with Crippen molar-refractivity contribution in [3.05, 3.63) is 12.0 Å². The van der Waals surface area contributed by atoms with Crippen molar-refractivity contribution in [1.82, 2.24) is 9.55 Å². The third-order valence-electron chi connectivity index (χ3n) is 3.14. The molecule has 0 aromatic carbocycles. The third kappa shape index (κ3) is 2.36. The quantitative estimate of drug-likeness (QED) is 0.500. The summed E-state index contributed by atoms with van der Waals surface area (Å²) >= 11 is 0. The Balaban J connectivity index is 2.29. The summed E-state index contributed by atoms with van der Waals surface area (Å²) in [6.07, 6.45) is -2.41. The first-order chi connectivity index (χ1) is 10.0. The van der Waals surface area contributed by atoms with Crippen LogP contribution in [0.1, 0.15) is 25.0 Å². The van der Waals surface area contributed by atoms with Crippen molar-refractivity contribution in [1.29, 1.82) is 0 Å². The van der Waals surface area contributed by atoms with Gasteiger partial charge in [-0.2, -0.15) is 0 Å². The summed E-state index contributed by atoms with van der Waals surface area (Å²) in [4.78, 5) is 15.0. The maximum Gasteiger partial charge on any atom is 0.271 e. The topological polar surface area (TPSA) is 146 Å². The van der Waals surface area contributed by atoms with Gasteiger partial charge in [-0.3, -0.25) is 9.36 Å². The lowest BCUT2D eigenvalue weighted by molar-refractivity contribution is -0.0684. The highest BCUT2D eigenvalue weighted by Crippen LogP contribution is 2.33. The molecule has 1 aliphatic rings. The van der Waals surface area contributed by atoms with Crippen LogP contribution in [0.5, 0.6) is 0 Å². The second kappa shape index (κ2) is 5.75. The number of anilines is 1. The summed E-state index contributed by atoms with van der Waals surface area (Å²) < 4.78 is 19.3. The van der Waals surface area contributed by atoms with Gasteiger partial charge in [0.05, 0.1) is 12.9 Å². The molecule has 112 valence electrons. The van der Waals surface area contributed by atoms with Crippen molar-refractivity contribution >= 4 is 11.7 Å². The molecule has 0 saturated carbocycles. The van der Waals surface area contributed by atoms with Gasteiger partial charge < -0.3 is 31.2 Å². The zero-order chi connectivity index (χ0) is 15.6. The number of hydrogen-bond donors (Lipinski definition) is 4. The van der Waals surface area contributed by atoms with Gasteiger partial charge in [-0.15, -0.1) is 0 Å². The number of carbonyl (C=O) groups excluding carboxylic acids is 1. The van der Waals surface area contributed by atoms with E-state index in [-0.39, 0.29) is 25.0 Å². The highest BCUT2D eigenvalue weighted by molar-refractivity contribution is 5.95. The number of nitrogens with zero attached hydrogens (tertiary/aromatic N) is 2. The summed E-state index contributed by atoms with van der Waals surface area (Å²) in [6, 6.07) is 0. The van der Waals surface area contributed by atoms with Crippen molar-refractivity contribution < 1.29 is 25.9 Å². The zero-order valence-corrected chi connectivity index (χ0v) is 10.7. The molecular formula is C11H18N4O5.